The highest BCUT2D eigenvalue weighted by Gasteiger charge is 2.35. The normalized spacial score (nSPS) is 19.5. The van der Waals surface area contributed by atoms with Gasteiger partial charge >= 0.3 is 0 Å². The number of anilines is 1. The molecular weight excluding hydrogens is 442 g/mol. The molecule has 1 aromatic carbocycles. The molecule has 2 aliphatic rings. The molecule has 4 rings (SSSR count). The molecule has 2 amide bonds. The molecular formula is C25H32ClN3O2S. The Morgan fingerprint density at radius 1 is 1.09 bits per heavy atom. The van der Waals surface area contributed by atoms with E-state index in [4.69, 9.17) is 11.6 Å². The molecule has 7 heteroatoms. The Morgan fingerprint density at radius 3 is 2.38 bits per heavy atom. The van der Waals surface area contributed by atoms with Crippen LogP contribution in [0.1, 0.15) is 58.3 Å². The van der Waals surface area contributed by atoms with Crippen molar-refractivity contribution >= 4 is 39.8 Å². The maximum Gasteiger partial charge on any atom is 0.257 e. The zero-order chi connectivity index (χ0) is 23.0. The minimum absolute atomic E-state index is 0.0521. The second-order valence-electron chi connectivity index (χ2n) is 10.1. The van der Waals surface area contributed by atoms with Gasteiger partial charge in [0, 0.05) is 41.6 Å². The molecule has 1 fully saturated rings. The summed E-state index contributed by atoms with van der Waals surface area (Å²) in [5, 5.41) is 4.34. The van der Waals surface area contributed by atoms with Gasteiger partial charge in [-0.3, -0.25) is 9.59 Å². The van der Waals surface area contributed by atoms with Crippen LogP contribution in [0.4, 0.5) is 5.00 Å². The number of carbonyl (C=O) groups excluding carboxylic acids is 2. The lowest BCUT2D eigenvalue weighted by Crippen LogP contribution is -2.47. The van der Waals surface area contributed by atoms with Gasteiger partial charge in [0.1, 0.15) is 5.00 Å². The van der Waals surface area contributed by atoms with Crippen LogP contribution in [0.5, 0.6) is 0 Å². The Balaban J connectivity index is 1.66. The Kier molecular flexibility index (Phi) is 6.66. The van der Waals surface area contributed by atoms with E-state index in [9.17, 15) is 9.59 Å². The average molecular weight is 474 g/mol. The van der Waals surface area contributed by atoms with Crippen molar-refractivity contribution < 1.29 is 9.59 Å². The number of benzene rings is 1. The molecule has 0 bridgehead atoms. The summed E-state index contributed by atoms with van der Waals surface area (Å²) in [6.07, 6.45) is 2.92. The first kappa shape index (κ1) is 23.3. The van der Waals surface area contributed by atoms with Crippen molar-refractivity contribution in [1.82, 2.24) is 9.80 Å². The van der Waals surface area contributed by atoms with Crippen molar-refractivity contribution in [3.8, 4) is 0 Å². The second-order valence-corrected chi connectivity index (χ2v) is 11.6. The molecule has 1 saturated heterocycles. The van der Waals surface area contributed by atoms with Gasteiger partial charge in [-0.15, -0.1) is 11.3 Å². The summed E-state index contributed by atoms with van der Waals surface area (Å²) in [4.78, 5) is 32.1. The zero-order valence-corrected chi connectivity index (χ0v) is 20.9. The third kappa shape index (κ3) is 4.87. The molecule has 172 valence electrons. The van der Waals surface area contributed by atoms with Crippen LogP contribution >= 0.6 is 22.9 Å². The number of nitrogens with zero attached hydrogens (tertiary/aromatic N) is 2. The molecule has 0 saturated carbocycles. The molecule has 1 atom stereocenters. The van der Waals surface area contributed by atoms with Gasteiger partial charge < -0.3 is 15.1 Å². The standard InChI is InChI=1S/C25H32ClN3O2S/c1-25(2,3)17-7-10-19-20(15-17)32-23(27-22(30)16-5-8-18(26)9-6-16)21(19)24(31)29-13-11-28(4)12-14-29/h5-6,8-9,17H,7,10-15H2,1-4H3,(H,27,30)/t17-/m1/s1. The highest BCUT2D eigenvalue weighted by Crippen LogP contribution is 2.44. The van der Waals surface area contributed by atoms with Crippen LogP contribution in [0.25, 0.3) is 0 Å². The molecule has 2 heterocycles. The van der Waals surface area contributed by atoms with Gasteiger partial charge in [0.25, 0.3) is 11.8 Å². The predicted octanol–water partition coefficient (Wildman–Crippen LogP) is 5.19. The zero-order valence-electron chi connectivity index (χ0n) is 19.3. The van der Waals surface area contributed by atoms with Gasteiger partial charge in [-0.25, -0.2) is 0 Å². The fourth-order valence-electron chi connectivity index (χ4n) is 4.58. The number of likely N-dealkylation sites (N-methyl/N-ethyl adjacent to an activating group) is 1. The molecule has 0 radical (unpaired) electrons. The van der Waals surface area contributed by atoms with E-state index >= 15 is 0 Å². The molecule has 0 unspecified atom stereocenters. The smallest absolute Gasteiger partial charge is 0.257 e. The van der Waals surface area contributed by atoms with Gasteiger partial charge in [-0.1, -0.05) is 32.4 Å². The molecule has 1 aliphatic heterocycles. The van der Waals surface area contributed by atoms with Crippen molar-refractivity contribution in [2.24, 2.45) is 11.3 Å². The molecule has 0 spiro atoms. The summed E-state index contributed by atoms with van der Waals surface area (Å²) < 4.78 is 0. The third-order valence-corrected chi connectivity index (χ3v) is 8.25. The fraction of sp³-hybridized carbons (Fsp3) is 0.520. The van der Waals surface area contributed by atoms with Gasteiger partial charge in [0.05, 0.1) is 5.56 Å². The molecule has 1 aromatic heterocycles. The molecule has 1 N–H and O–H groups in total. The molecule has 2 aromatic rings. The van der Waals surface area contributed by atoms with E-state index in [-0.39, 0.29) is 17.2 Å². The summed E-state index contributed by atoms with van der Waals surface area (Å²) in [5.41, 5.74) is 2.61. The summed E-state index contributed by atoms with van der Waals surface area (Å²) in [7, 11) is 2.08. The highest BCUT2D eigenvalue weighted by molar-refractivity contribution is 7.17. The molecule has 1 aliphatic carbocycles. The first-order valence-corrected chi connectivity index (χ1v) is 12.5. The third-order valence-electron chi connectivity index (χ3n) is 6.83. The van der Waals surface area contributed by atoms with E-state index in [0.717, 1.165) is 51.0 Å². The minimum atomic E-state index is -0.208. The topological polar surface area (TPSA) is 52.6 Å². The second kappa shape index (κ2) is 9.16. The van der Waals surface area contributed by atoms with E-state index < -0.39 is 0 Å². The van der Waals surface area contributed by atoms with Crippen molar-refractivity contribution in [2.45, 2.75) is 40.0 Å². The number of carbonyl (C=O) groups is 2. The quantitative estimate of drug-likeness (QED) is 0.667. The van der Waals surface area contributed by atoms with Crippen LogP contribution in [0.2, 0.25) is 5.02 Å². The Hall–Kier alpha value is -1.89. The number of rotatable bonds is 3. The number of hydrogen-bond acceptors (Lipinski definition) is 4. The Bertz CT molecular complexity index is 1000. The summed E-state index contributed by atoms with van der Waals surface area (Å²) >= 11 is 7.56. The minimum Gasteiger partial charge on any atom is -0.336 e. The number of halogens is 1. The van der Waals surface area contributed by atoms with Gasteiger partial charge in [-0.2, -0.15) is 0 Å². The van der Waals surface area contributed by atoms with E-state index in [1.54, 1.807) is 35.6 Å². The predicted molar refractivity (Wildman–Crippen MR) is 132 cm³/mol. The monoisotopic (exact) mass is 473 g/mol. The van der Waals surface area contributed by atoms with Crippen LogP contribution in [-0.4, -0.2) is 54.8 Å². The molecule has 5 nitrogen and oxygen atoms in total. The fourth-order valence-corrected chi connectivity index (χ4v) is 6.02. The maximum atomic E-state index is 13.6. The highest BCUT2D eigenvalue weighted by atomic mass is 35.5. The van der Waals surface area contributed by atoms with Crippen molar-refractivity contribution in [3.63, 3.8) is 0 Å². The Morgan fingerprint density at radius 2 is 1.75 bits per heavy atom. The lowest BCUT2D eigenvalue weighted by Gasteiger charge is -2.35. The average Bonchev–Trinajstić information content (AvgIpc) is 3.10. The lowest BCUT2D eigenvalue weighted by molar-refractivity contribution is 0.0664. The summed E-state index contributed by atoms with van der Waals surface area (Å²) in [6.45, 7) is 10.0. The maximum absolute atomic E-state index is 13.6. The number of hydrogen-bond donors (Lipinski definition) is 1. The number of piperazine rings is 1. The lowest BCUT2D eigenvalue weighted by atomic mass is 9.72. The van der Waals surface area contributed by atoms with E-state index in [1.807, 2.05) is 4.90 Å². The van der Waals surface area contributed by atoms with Crippen LogP contribution in [0.3, 0.4) is 0 Å². The van der Waals surface area contributed by atoms with Gasteiger partial charge in [0.15, 0.2) is 0 Å². The van der Waals surface area contributed by atoms with Crippen LogP contribution in [-0.2, 0) is 12.8 Å². The van der Waals surface area contributed by atoms with Gasteiger partial charge in [0.2, 0.25) is 0 Å². The first-order chi connectivity index (χ1) is 15.1. The van der Waals surface area contributed by atoms with Crippen LogP contribution in [0, 0.1) is 11.3 Å². The van der Waals surface area contributed by atoms with Crippen molar-refractivity contribution in [2.75, 3.05) is 38.5 Å². The van der Waals surface area contributed by atoms with Crippen molar-refractivity contribution in [3.05, 3.63) is 50.9 Å². The summed E-state index contributed by atoms with van der Waals surface area (Å²) in [6, 6.07) is 6.84. The number of thiophene rings is 1. The number of amides is 2. The Labute approximate surface area is 199 Å². The van der Waals surface area contributed by atoms with Gasteiger partial charge in [-0.05, 0) is 67.5 Å². The van der Waals surface area contributed by atoms with Crippen molar-refractivity contribution in [1.29, 1.82) is 0 Å². The largest absolute Gasteiger partial charge is 0.336 e. The van der Waals surface area contributed by atoms with E-state index in [1.165, 1.54) is 4.88 Å². The van der Waals surface area contributed by atoms with Crippen LogP contribution < -0.4 is 5.32 Å². The number of fused-ring (bicyclic) bond motifs is 1. The van der Waals surface area contributed by atoms with E-state index in [2.05, 4.69) is 38.0 Å². The summed E-state index contributed by atoms with van der Waals surface area (Å²) in [5.74, 6) is 0.413. The first-order valence-electron chi connectivity index (χ1n) is 11.3. The number of nitrogens with one attached hydrogen (secondary N) is 1. The van der Waals surface area contributed by atoms with E-state index in [0.29, 0.717) is 27.1 Å². The SMILES string of the molecule is CN1CCN(C(=O)c2c(NC(=O)c3ccc(Cl)cc3)sc3c2CC[C@@H](C(C)(C)C)C3)CC1. The molecule has 32 heavy (non-hydrogen) atoms. The van der Waals surface area contributed by atoms with Crippen LogP contribution in [0.15, 0.2) is 24.3 Å².